The lowest BCUT2D eigenvalue weighted by Gasteiger charge is -2.12. The van der Waals surface area contributed by atoms with Crippen LogP contribution in [0.3, 0.4) is 0 Å². The number of hydrogen-bond donors (Lipinski definition) is 1. The molecule has 2 rings (SSSR count). The minimum absolute atomic E-state index is 0.149. The Hall–Kier alpha value is -0.270. The summed E-state index contributed by atoms with van der Waals surface area (Å²) >= 11 is 5.84. The third-order valence-corrected chi connectivity index (χ3v) is 3.41. The summed E-state index contributed by atoms with van der Waals surface area (Å²) in [5.41, 5.74) is 2.79. The lowest BCUT2D eigenvalue weighted by Crippen LogP contribution is -2.07. The summed E-state index contributed by atoms with van der Waals surface area (Å²) in [5, 5.41) is 9.33. The predicted molar refractivity (Wildman–Crippen MR) is 70.9 cm³/mol. The van der Waals surface area contributed by atoms with E-state index in [1.54, 1.807) is 0 Å². The van der Waals surface area contributed by atoms with Gasteiger partial charge in [0.2, 0.25) is 0 Å². The smallest absolute Gasteiger partial charge is 0.0723 e. The van der Waals surface area contributed by atoms with E-state index in [0.717, 1.165) is 12.8 Å². The maximum absolute atomic E-state index is 9.00. The molecule has 0 heterocycles. The molecule has 0 saturated carbocycles. The summed E-state index contributed by atoms with van der Waals surface area (Å²) in [4.78, 5) is 0. The number of allylic oxidation sites excluding steroid dienone is 3. The first kappa shape index (κ1) is 13.8. The van der Waals surface area contributed by atoms with Gasteiger partial charge < -0.3 is 5.11 Å². The Bertz CT molecular complexity index is 240. The van der Waals surface area contributed by atoms with Gasteiger partial charge in [0, 0.05) is 0 Å². The zero-order valence-electron chi connectivity index (χ0n) is 10.4. The van der Waals surface area contributed by atoms with Crippen LogP contribution < -0.4 is 0 Å². The van der Waals surface area contributed by atoms with Crippen molar-refractivity contribution in [2.75, 3.05) is 0 Å². The first-order valence-electron chi connectivity index (χ1n) is 6.24. The summed E-state index contributed by atoms with van der Waals surface area (Å²) in [6.07, 6.45) is 10.9. The van der Waals surface area contributed by atoms with Gasteiger partial charge in [0.15, 0.2) is 0 Å². The average molecular weight is 243 g/mol. The van der Waals surface area contributed by atoms with Crippen LogP contribution in [-0.4, -0.2) is 16.6 Å². The van der Waals surface area contributed by atoms with Crippen LogP contribution in [0.25, 0.3) is 0 Å². The number of aliphatic hydroxyl groups is 1. The molecule has 1 N–H and O–H groups in total. The molecule has 2 aliphatic rings. The Balaban J connectivity index is 0.000000160. The van der Waals surface area contributed by atoms with E-state index in [-0.39, 0.29) is 6.10 Å². The van der Waals surface area contributed by atoms with Crippen molar-refractivity contribution in [2.24, 2.45) is 0 Å². The summed E-state index contributed by atoms with van der Waals surface area (Å²) < 4.78 is 0. The standard InChI is InChI=1S/C7H11Cl.C7H12O/c2*1-6-3-2-4-7(8)5-6/h5,7H,2-4H2,1H3;5,7-8H,2-4H2,1H3. The van der Waals surface area contributed by atoms with Crippen molar-refractivity contribution in [1.29, 1.82) is 0 Å². The van der Waals surface area contributed by atoms with Gasteiger partial charge in [-0.05, 0) is 52.4 Å². The van der Waals surface area contributed by atoms with Crippen molar-refractivity contribution in [3.05, 3.63) is 23.3 Å². The van der Waals surface area contributed by atoms with Crippen molar-refractivity contribution in [1.82, 2.24) is 0 Å². The van der Waals surface area contributed by atoms with Crippen molar-refractivity contribution >= 4 is 11.6 Å². The molecule has 0 aromatic rings. The van der Waals surface area contributed by atoms with Crippen LogP contribution in [-0.2, 0) is 0 Å². The summed E-state index contributed by atoms with van der Waals surface area (Å²) in [6, 6.07) is 0. The molecule has 0 saturated heterocycles. The van der Waals surface area contributed by atoms with Crippen molar-refractivity contribution in [2.45, 2.75) is 63.9 Å². The van der Waals surface area contributed by atoms with Gasteiger partial charge in [0.1, 0.15) is 0 Å². The molecular formula is C14H23ClO. The molecule has 0 bridgehead atoms. The minimum atomic E-state index is -0.149. The Morgan fingerprint density at radius 1 is 1.06 bits per heavy atom. The second-order valence-electron chi connectivity index (χ2n) is 4.89. The van der Waals surface area contributed by atoms with Crippen LogP contribution in [0.2, 0.25) is 0 Å². The Labute approximate surface area is 104 Å². The number of hydrogen-bond acceptors (Lipinski definition) is 1. The molecule has 0 radical (unpaired) electrons. The van der Waals surface area contributed by atoms with E-state index in [1.165, 1.54) is 36.8 Å². The summed E-state index contributed by atoms with van der Waals surface area (Å²) in [6.45, 7) is 4.22. The first-order valence-corrected chi connectivity index (χ1v) is 6.68. The SMILES string of the molecule is CC1=CC(Cl)CCC1.CC1=CC(O)CCC1. The van der Waals surface area contributed by atoms with E-state index < -0.39 is 0 Å². The highest BCUT2D eigenvalue weighted by atomic mass is 35.5. The third-order valence-electron chi connectivity index (χ3n) is 3.06. The van der Waals surface area contributed by atoms with Gasteiger partial charge in [-0.15, -0.1) is 11.6 Å². The number of alkyl halides is 1. The van der Waals surface area contributed by atoms with E-state index in [1.807, 2.05) is 6.08 Å². The quantitative estimate of drug-likeness (QED) is 0.499. The van der Waals surface area contributed by atoms with Crippen LogP contribution in [0.5, 0.6) is 0 Å². The van der Waals surface area contributed by atoms with Gasteiger partial charge in [-0.25, -0.2) is 0 Å². The fraction of sp³-hybridized carbons (Fsp3) is 0.714. The fourth-order valence-electron chi connectivity index (χ4n) is 2.14. The van der Waals surface area contributed by atoms with E-state index in [2.05, 4.69) is 19.9 Å². The van der Waals surface area contributed by atoms with Crippen molar-refractivity contribution in [3.8, 4) is 0 Å². The van der Waals surface area contributed by atoms with Crippen molar-refractivity contribution in [3.63, 3.8) is 0 Å². The molecule has 0 fully saturated rings. The highest BCUT2D eigenvalue weighted by molar-refractivity contribution is 6.21. The van der Waals surface area contributed by atoms with E-state index in [0.29, 0.717) is 5.38 Å². The molecule has 92 valence electrons. The molecule has 0 aromatic heterocycles. The first-order chi connectivity index (χ1) is 7.58. The zero-order valence-corrected chi connectivity index (χ0v) is 11.1. The topological polar surface area (TPSA) is 20.2 Å². The van der Waals surface area contributed by atoms with E-state index >= 15 is 0 Å². The van der Waals surface area contributed by atoms with Crippen LogP contribution >= 0.6 is 11.6 Å². The highest BCUT2D eigenvalue weighted by Gasteiger charge is 2.06. The van der Waals surface area contributed by atoms with Gasteiger partial charge in [0.25, 0.3) is 0 Å². The lowest BCUT2D eigenvalue weighted by molar-refractivity contribution is 0.202. The molecule has 1 nitrogen and oxygen atoms in total. The maximum atomic E-state index is 9.00. The molecule has 0 aliphatic heterocycles. The van der Waals surface area contributed by atoms with Crippen LogP contribution in [0.1, 0.15) is 52.4 Å². The van der Waals surface area contributed by atoms with Crippen molar-refractivity contribution < 1.29 is 5.11 Å². The minimum Gasteiger partial charge on any atom is -0.389 e. The van der Waals surface area contributed by atoms with Crippen LogP contribution in [0.4, 0.5) is 0 Å². The van der Waals surface area contributed by atoms with Gasteiger partial charge >= 0.3 is 0 Å². The molecule has 0 aromatic carbocycles. The van der Waals surface area contributed by atoms with Gasteiger partial charge in [-0.3, -0.25) is 0 Å². The number of aliphatic hydroxyl groups excluding tert-OH is 1. The second-order valence-corrected chi connectivity index (χ2v) is 5.45. The molecule has 2 unspecified atom stereocenters. The molecule has 0 amide bonds. The molecule has 2 aliphatic carbocycles. The zero-order chi connectivity index (χ0) is 12.0. The van der Waals surface area contributed by atoms with Gasteiger partial charge in [0.05, 0.1) is 11.5 Å². The molecule has 2 atom stereocenters. The van der Waals surface area contributed by atoms with Crippen LogP contribution in [0, 0.1) is 0 Å². The van der Waals surface area contributed by atoms with Gasteiger partial charge in [-0.1, -0.05) is 23.3 Å². The monoisotopic (exact) mass is 242 g/mol. The Morgan fingerprint density at radius 3 is 1.94 bits per heavy atom. The normalized spacial score (nSPS) is 29.8. The maximum Gasteiger partial charge on any atom is 0.0723 e. The van der Waals surface area contributed by atoms with Crippen LogP contribution in [0.15, 0.2) is 23.3 Å². The molecule has 0 spiro atoms. The predicted octanol–water partition coefficient (Wildman–Crippen LogP) is 4.20. The highest BCUT2D eigenvalue weighted by Crippen LogP contribution is 2.20. The number of halogens is 1. The largest absolute Gasteiger partial charge is 0.389 e. The second kappa shape index (κ2) is 7.13. The third kappa shape index (κ3) is 5.72. The average Bonchev–Trinajstić information content (AvgIpc) is 2.17. The number of rotatable bonds is 0. The fourth-order valence-corrected chi connectivity index (χ4v) is 2.51. The van der Waals surface area contributed by atoms with E-state index in [4.69, 9.17) is 16.7 Å². The molecule has 16 heavy (non-hydrogen) atoms. The Morgan fingerprint density at radius 2 is 1.62 bits per heavy atom. The van der Waals surface area contributed by atoms with Gasteiger partial charge in [-0.2, -0.15) is 0 Å². The Kier molecular flexibility index (Phi) is 6.15. The van der Waals surface area contributed by atoms with E-state index in [9.17, 15) is 0 Å². The summed E-state index contributed by atoms with van der Waals surface area (Å²) in [5.74, 6) is 0. The molecule has 2 heteroatoms. The molecular weight excluding hydrogens is 220 g/mol. The lowest BCUT2D eigenvalue weighted by atomic mass is 9.99. The summed E-state index contributed by atoms with van der Waals surface area (Å²) in [7, 11) is 0.